The normalized spacial score (nSPS) is 13.9. The molecule has 2 heterocycles. The zero-order chi connectivity index (χ0) is 21.6. The summed E-state index contributed by atoms with van der Waals surface area (Å²) in [5, 5.41) is 5.09. The average Bonchev–Trinajstić information content (AvgIpc) is 3.16. The van der Waals surface area contributed by atoms with E-state index in [0.29, 0.717) is 24.2 Å². The maximum absolute atomic E-state index is 13.8. The summed E-state index contributed by atoms with van der Waals surface area (Å²) in [4.78, 5) is 24.0. The van der Waals surface area contributed by atoms with Crippen LogP contribution in [-0.2, 0) is 29.4 Å². The van der Waals surface area contributed by atoms with Crippen LogP contribution in [0.15, 0.2) is 12.1 Å². The number of halogens is 2. The molecule has 0 spiro atoms. The number of primary sulfonamides is 1. The Morgan fingerprint density at radius 3 is 2.70 bits per heavy atom. The molecule has 0 saturated carbocycles. The second-order valence-electron chi connectivity index (χ2n) is 7.15. The fourth-order valence-corrected chi connectivity index (χ4v) is 4.90. The molecule has 30 heavy (non-hydrogen) atoms. The summed E-state index contributed by atoms with van der Waals surface area (Å²) in [5.41, 5.74) is 8.90. The van der Waals surface area contributed by atoms with Gasteiger partial charge in [-0.3, -0.25) is 4.79 Å². The number of nitrogens with two attached hydrogens (primary N) is 2. The number of anilines is 1. The Morgan fingerprint density at radius 1 is 1.20 bits per heavy atom. The van der Waals surface area contributed by atoms with Crippen molar-refractivity contribution in [2.24, 2.45) is 5.14 Å². The molecular formula is C18H18FIN6O3S. The van der Waals surface area contributed by atoms with Gasteiger partial charge in [-0.2, -0.15) is 14.4 Å². The Labute approximate surface area is 185 Å². The van der Waals surface area contributed by atoms with Gasteiger partial charge in [-0.25, -0.2) is 18.5 Å². The van der Waals surface area contributed by atoms with E-state index in [1.807, 2.05) is 12.1 Å². The number of hydrogen-bond donors (Lipinski definition) is 2. The number of benzene rings is 1. The van der Waals surface area contributed by atoms with Gasteiger partial charge in [0.05, 0.1) is 5.75 Å². The Morgan fingerprint density at radius 2 is 1.97 bits per heavy atom. The van der Waals surface area contributed by atoms with E-state index in [1.165, 1.54) is 0 Å². The summed E-state index contributed by atoms with van der Waals surface area (Å²) < 4.78 is 39.0. The van der Waals surface area contributed by atoms with E-state index in [1.54, 1.807) is 4.57 Å². The third-order valence-electron chi connectivity index (χ3n) is 5.03. The van der Waals surface area contributed by atoms with Crippen molar-refractivity contribution in [1.29, 1.82) is 0 Å². The van der Waals surface area contributed by atoms with E-state index < -0.39 is 16.1 Å². The first-order chi connectivity index (χ1) is 14.1. The quantitative estimate of drug-likeness (QED) is 0.354. The van der Waals surface area contributed by atoms with Crippen LogP contribution in [0, 0.1) is 9.65 Å². The molecule has 1 aromatic carbocycles. The number of ketones is 1. The van der Waals surface area contributed by atoms with E-state index in [4.69, 9.17) is 10.9 Å². The molecule has 158 valence electrons. The topological polar surface area (TPSA) is 147 Å². The molecule has 0 saturated heterocycles. The molecule has 4 N–H and O–H groups in total. The third kappa shape index (κ3) is 4.16. The summed E-state index contributed by atoms with van der Waals surface area (Å²) in [5.74, 6) is 0.304. The largest absolute Gasteiger partial charge is 0.382 e. The smallest absolute Gasteiger partial charge is 0.312 e. The molecule has 3 aromatic rings. The second-order valence-corrected chi connectivity index (χ2v) is 10.0. The zero-order valence-electron chi connectivity index (χ0n) is 15.7. The van der Waals surface area contributed by atoms with E-state index in [9.17, 15) is 17.6 Å². The highest BCUT2D eigenvalue weighted by atomic mass is 127. The number of aromatic nitrogens is 4. The monoisotopic (exact) mass is 544 g/mol. The Kier molecular flexibility index (Phi) is 5.48. The number of carbonyl (C=O) groups is 1. The molecule has 0 atom stereocenters. The predicted molar refractivity (Wildman–Crippen MR) is 117 cm³/mol. The molecule has 2 aromatic heterocycles. The highest BCUT2D eigenvalue weighted by Gasteiger charge is 2.23. The molecule has 12 heteroatoms. The SMILES string of the molecule is Nc1nc(F)nc2c1nc(Cc1cc3c(cc1I)CCC3=O)n2CCCS(N)(=O)=O. The van der Waals surface area contributed by atoms with Gasteiger partial charge in [0.15, 0.2) is 22.8 Å². The van der Waals surface area contributed by atoms with Crippen LogP contribution in [0.3, 0.4) is 0 Å². The van der Waals surface area contributed by atoms with Gasteiger partial charge in [0.2, 0.25) is 10.0 Å². The van der Waals surface area contributed by atoms with Gasteiger partial charge in [0.1, 0.15) is 5.82 Å². The lowest BCUT2D eigenvalue weighted by atomic mass is 10.0. The molecule has 4 rings (SSSR count). The summed E-state index contributed by atoms with van der Waals surface area (Å²) in [6.07, 6.45) is 0.791. The minimum absolute atomic E-state index is 0.0947. The lowest BCUT2D eigenvalue weighted by Gasteiger charge is -2.11. The van der Waals surface area contributed by atoms with Crippen LogP contribution in [0.25, 0.3) is 11.2 Å². The maximum Gasteiger partial charge on any atom is 0.312 e. The third-order valence-corrected chi connectivity index (χ3v) is 6.89. The van der Waals surface area contributed by atoms with Crippen molar-refractivity contribution >= 4 is 55.4 Å². The average molecular weight is 544 g/mol. The van der Waals surface area contributed by atoms with Gasteiger partial charge in [0, 0.05) is 28.5 Å². The predicted octanol–water partition coefficient (Wildman–Crippen LogP) is 1.55. The number of fused-ring (bicyclic) bond motifs is 2. The fourth-order valence-electron chi connectivity index (χ4n) is 3.65. The van der Waals surface area contributed by atoms with Crippen molar-refractivity contribution in [3.63, 3.8) is 0 Å². The van der Waals surface area contributed by atoms with Crippen molar-refractivity contribution in [2.45, 2.75) is 32.2 Å². The molecule has 0 fully saturated rings. The van der Waals surface area contributed by atoms with E-state index in [-0.39, 0.29) is 41.5 Å². The number of nitrogens with zero attached hydrogens (tertiary/aromatic N) is 4. The minimum atomic E-state index is -3.64. The molecule has 1 aliphatic carbocycles. The van der Waals surface area contributed by atoms with Crippen LogP contribution >= 0.6 is 22.6 Å². The standard InChI is InChI=1S/C18H18FIN6O3S/c19-18-24-16(21)15-17(25-18)26(4-1-5-30(22,28)29)14(23-15)8-10-6-11-9(7-12(10)20)2-3-13(11)27/h6-7H,1-5,8H2,(H2,21,24,25)(H2,22,28,29). The first-order valence-electron chi connectivity index (χ1n) is 9.15. The van der Waals surface area contributed by atoms with Gasteiger partial charge in [-0.15, -0.1) is 0 Å². The van der Waals surface area contributed by atoms with Crippen LogP contribution in [-0.4, -0.2) is 39.5 Å². The first-order valence-corrected chi connectivity index (χ1v) is 11.9. The van der Waals surface area contributed by atoms with Crippen molar-refractivity contribution in [3.8, 4) is 0 Å². The number of imidazole rings is 1. The molecule has 0 bridgehead atoms. The highest BCUT2D eigenvalue weighted by molar-refractivity contribution is 14.1. The summed E-state index contributed by atoms with van der Waals surface area (Å²) in [6.45, 7) is 0.207. The van der Waals surface area contributed by atoms with Crippen LogP contribution < -0.4 is 10.9 Å². The van der Waals surface area contributed by atoms with Crippen molar-refractivity contribution in [2.75, 3.05) is 11.5 Å². The number of nitrogen functional groups attached to an aromatic ring is 1. The van der Waals surface area contributed by atoms with Crippen molar-refractivity contribution < 1.29 is 17.6 Å². The maximum atomic E-state index is 13.8. The number of sulfonamides is 1. The lowest BCUT2D eigenvalue weighted by molar-refractivity contribution is 0.0994. The molecule has 0 amide bonds. The van der Waals surface area contributed by atoms with Crippen LogP contribution in [0.5, 0.6) is 0 Å². The summed E-state index contributed by atoms with van der Waals surface area (Å²) in [6, 6.07) is 3.87. The Balaban J connectivity index is 1.76. The molecular weight excluding hydrogens is 526 g/mol. The number of aryl methyl sites for hydroxylation is 2. The number of hydrogen-bond acceptors (Lipinski definition) is 7. The van der Waals surface area contributed by atoms with Gasteiger partial charge in [-0.05, 0) is 58.7 Å². The van der Waals surface area contributed by atoms with Crippen LogP contribution in [0.1, 0.15) is 40.2 Å². The summed E-state index contributed by atoms with van der Waals surface area (Å²) in [7, 11) is -3.64. The van der Waals surface area contributed by atoms with Gasteiger partial charge in [0.25, 0.3) is 0 Å². The zero-order valence-corrected chi connectivity index (χ0v) is 18.7. The van der Waals surface area contributed by atoms with Crippen LogP contribution in [0.4, 0.5) is 10.2 Å². The van der Waals surface area contributed by atoms with Gasteiger partial charge in [-0.1, -0.05) is 0 Å². The second kappa shape index (κ2) is 7.81. The Bertz CT molecular complexity index is 1290. The fraction of sp³-hybridized carbons (Fsp3) is 0.333. The van der Waals surface area contributed by atoms with Gasteiger partial charge < -0.3 is 10.3 Å². The van der Waals surface area contributed by atoms with E-state index >= 15 is 0 Å². The molecule has 0 radical (unpaired) electrons. The Hall–Kier alpha value is -2.19. The number of Topliss-reactive ketones (excluding diaryl/α,β-unsaturated/α-hetero) is 1. The molecule has 0 unspecified atom stereocenters. The summed E-state index contributed by atoms with van der Waals surface area (Å²) >= 11 is 2.21. The molecule has 1 aliphatic rings. The number of carbonyl (C=O) groups excluding carboxylic acids is 1. The minimum Gasteiger partial charge on any atom is -0.382 e. The van der Waals surface area contributed by atoms with Gasteiger partial charge >= 0.3 is 6.08 Å². The number of rotatable bonds is 6. The molecule has 0 aliphatic heterocycles. The van der Waals surface area contributed by atoms with Crippen LogP contribution in [0.2, 0.25) is 0 Å². The first kappa shape index (κ1) is 21.1. The molecule has 9 nitrogen and oxygen atoms in total. The van der Waals surface area contributed by atoms with Crippen molar-refractivity contribution in [1.82, 2.24) is 19.5 Å². The lowest BCUT2D eigenvalue weighted by Crippen LogP contribution is -2.18. The van der Waals surface area contributed by atoms with Crippen molar-refractivity contribution in [3.05, 3.63) is 44.3 Å². The van der Waals surface area contributed by atoms with E-state index in [0.717, 1.165) is 21.1 Å². The highest BCUT2D eigenvalue weighted by Crippen LogP contribution is 2.29. The van der Waals surface area contributed by atoms with E-state index in [2.05, 4.69) is 37.5 Å².